The van der Waals surface area contributed by atoms with Gasteiger partial charge in [-0.25, -0.2) is 0 Å². The summed E-state index contributed by atoms with van der Waals surface area (Å²) in [6.45, 7) is -0.240. The van der Waals surface area contributed by atoms with Crippen LogP contribution in [0.25, 0.3) is 0 Å². The van der Waals surface area contributed by atoms with E-state index in [1.165, 1.54) is 7.11 Å². The van der Waals surface area contributed by atoms with Gasteiger partial charge in [-0.2, -0.15) is 0 Å². The van der Waals surface area contributed by atoms with E-state index >= 15 is 0 Å². The number of Topliss-reactive ketones (excluding diaryl/α,β-unsaturated/α-hetero) is 2. The predicted octanol–water partition coefficient (Wildman–Crippen LogP) is 5.07. The smallest absolute Gasteiger partial charge is 0.262 e. The van der Waals surface area contributed by atoms with Gasteiger partial charge in [0.05, 0.1) is 17.8 Å². The Kier molecular flexibility index (Phi) is 6.83. The summed E-state index contributed by atoms with van der Waals surface area (Å²) in [4.78, 5) is 38.5. The van der Waals surface area contributed by atoms with Gasteiger partial charge in [-0.3, -0.25) is 14.4 Å². The van der Waals surface area contributed by atoms with Crippen LogP contribution in [0.3, 0.4) is 0 Å². The fraction of sp³-hybridized carbons (Fsp3) is 0.321. The van der Waals surface area contributed by atoms with Crippen molar-refractivity contribution >= 4 is 34.8 Å². The summed E-state index contributed by atoms with van der Waals surface area (Å²) in [6.07, 6.45) is 4.16. The monoisotopic (exact) mass is 506 g/mol. The molecular weight excluding hydrogens is 480 g/mol. The second-order valence-corrected chi connectivity index (χ2v) is 9.53. The van der Waals surface area contributed by atoms with Gasteiger partial charge in [-0.1, -0.05) is 29.8 Å². The molecule has 0 bridgehead atoms. The highest BCUT2D eigenvalue weighted by Crippen LogP contribution is 2.46. The average Bonchev–Trinajstić information content (AvgIpc) is 2.88. The van der Waals surface area contributed by atoms with E-state index in [1.807, 2.05) is 6.07 Å². The number of para-hydroxylation sites is 1. The van der Waals surface area contributed by atoms with Gasteiger partial charge >= 0.3 is 0 Å². The number of dihydropyridines is 1. The van der Waals surface area contributed by atoms with Crippen LogP contribution in [0.5, 0.6) is 11.5 Å². The lowest BCUT2D eigenvalue weighted by Crippen LogP contribution is -2.36. The van der Waals surface area contributed by atoms with Gasteiger partial charge in [0.25, 0.3) is 5.91 Å². The van der Waals surface area contributed by atoms with Crippen molar-refractivity contribution in [3.8, 4) is 11.5 Å². The number of hydrogen-bond acceptors (Lipinski definition) is 6. The van der Waals surface area contributed by atoms with Gasteiger partial charge < -0.3 is 20.1 Å². The van der Waals surface area contributed by atoms with Crippen LogP contribution in [0, 0.1) is 0 Å². The Morgan fingerprint density at radius 1 is 0.972 bits per heavy atom. The first-order chi connectivity index (χ1) is 17.5. The summed E-state index contributed by atoms with van der Waals surface area (Å²) in [6, 6.07) is 12.3. The molecule has 1 heterocycles. The molecule has 0 saturated carbocycles. The Bertz CT molecular complexity index is 1270. The molecule has 3 aliphatic rings. The first-order valence-electron chi connectivity index (χ1n) is 12.1. The molecule has 0 fully saturated rings. The van der Waals surface area contributed by atoms with Crippen LogP contribution in [0.1, 0.15) is 50.0 Å². The number of halogens is 1. The summed E-state index contributed by atoms with van der Waals surface area (Å²) in [7, 11) is 1.52. The highest BCUT2D eigenvalue weighted by Gasteiger charge is 2.40. The van der Waals surface area contributed by atoms with Crippen LogP contribution < -0.4 is 20.1 Å². The number of nitrogens with one attached hydrogen (secondary N) is 2. The minimum absolute atomic E-state index is 0.0780. The number of amides is 1. The number of carbonyl (C=O) groups excluding carboxylic acids is 3. The molecule has 2 aromatic carbocycles. The van der Waals surface area contributed by atoms with Gasteiger partial charge in [0, 0.05) is 41.3 Å². The molecule has 1 amide bonds. The Labute approximate surface area is 214 Å². The Hall–Kier alpha value is -3.58. The van der Waals surface area contributed by atoms with Crippen molar-refractivity contribution in [1.29, 1.82) is 0 Å². The predicted molar refractivity (Wildman–Crippen MR) is 136 cm³/mol. The largest absolute Gasteiger partial charge is 0.493 e. The van der Waals surface area contributed by atoms with Crippen molar-refractivity contribution in [1.82, 2.24) is 5.32 Å². The standard InChI is InChI=1S/C28H27ClN2O5/c1-35-24-14-16(12-13-23(24)36-15-25(34)31-18-7-3-2-6-17(18)29)26-27-19(8-4-10-21(27)32)30-20-9-5-11-22(33)28(20)26/h2-3,6-7,12-14,26,30H,4-5,8-11,15H2,1H3,(H,31,34). The maximum Gasteiger partial charge on any atom is 0.262 e. The quantitative estimate of drug-likeness (QED) is 0.568. The lowest BCUT2D eigenvalue weighted by molar-refractivity contribution is -0.118. The van der Waals surface area contributed by atoms with Crippen molar-refractivity contribution in [2.75, 3.05) is 19.0 Å². The van der Waals surface area contributed by atoms with Crippen LogP contribution in [0.2, 0.25) is 5.02 Å². The molecule has 0 saturated heterocycles. The zero-order valence-corrected chi connectivity index (χ0v) is 20.7. The highest BCUT2D eigenvalue weighted by molar-refractivity contribution is 6.33. The van der Waals surface area contributed by atoms with Crippen molar-refractivity contribution in [2.24, 2.45) is 0 Å². The number of allylic oxidation sites excluding steroid dienone is 4. The number of anilines is 1. The fourth-order valence-electron chi connectivity index (χ4n) is 5.19. The molecule has 0 radical (unpaired) electrons. The summed E-state index contributed by atoms with van der Waals surface area (Å²) >= 11 is 6.11. The van der Waals surface area contributed by atoms with E-state index < -0.39 is 5.92 Å². The maximum absolute atomic E-state index is 13.0. The van der Waals surface area contributed by atoms with Crippen molar-refractivity contribution < 1.29 is 23.9 Å². The average molecular weight is 507 g/mol. The van der Waals surface area contributed by atoms with Crippen LogP contribution in [0.15, 0.2) is 65.0 Å². The number of methoxy groups -OCH3 is 1. The van der Waals surface area contributed by atoms with E-state index in [-0.39, 0.29) is 24.1 Å². The zero-order valence-electron chi connectivity index (χ0n) is 20.0. The van der Waals surface area contributed by atoms with E-state index in [9.17, 15) is 14.4 Å². The van der Waals surface area contributed by atoms with Crippen molar-refractivity contribution in [3.05, 3.63) is 75.6 Å². The first-order valence-corrected chi connectivity index (χ1v) is 12.5. The SMILES string of the molecule is COc1cc(C2C3=C(CCCC3=O)NC3=C2C(=O)CCC3)ccc1OCC(=O)Nc1ccccc1Cl. The molecule has 5 rings (SSSR count). The lowest BCUT2D eigenvalue weighted by atomic mass is 9.71. The number of benzene rings is 2. The number of ketones is 2. The Morgan fingerprint density at radius 3 is 2.28 bits per heavy atom. The van der Waals surface area contributed by atoms with E-state index in [4.69, 9.17) is 21.1 Å². The third kappa shape index (κ3) is 4.63. The van der Waals surface area contributed by atoms with Crippen LogP contribution in [0.4, 0.5) is 5.69 Å². The number of hydrogen-bond donors (Lipinski definition) is 2. The molecule has 186 valence electrons. The Morgan fingerprint density at radius 2 is 1.64 bits per heavy atom. The minimum Gasteiger partial charge on any atom is -0.493 e. The van der Waals surface area contributed by atoms with Crippen LogP contribution in [-0.4, -0.2) is 31.2 Å². The van der Waals surface area contributed by atoms with Gasteiger partial charge in [-0.15, -0.1) is 0 Å². The molecule has 1 aliphatic heterocycles. The summed E-state index contributed by atoms with van der Waals surface area (Å²) in [5.41, 5.74) is 4.53. The number of rotatable bonds is 6. The summed E-state index contributed by atoms with van der Waals surface area (Å²) in [5.74, 6) is 0.176. The van der Waals surface area contributed by atoms with Gasteiger partial charge in [0.15, 0.2) is 29.7 Å². The zero-order chi connectivity index (χ0) is 25.2. The van der Waals surface area contributed by atoms with E-state index in [0.717, 1.165) is 42.6 Å². The van der Waals surface area contributed by atoms with E-state index in [2.05, 4.69) is 10.6 Å². The van der Waals surface area contributed by atoms with Crippen LogP contribution in [-0.2, 0) is 14.4 Å². The molecule has 2 aliphatic carbocycles. The molecular formula is C28H27ClN2O5. The van der Waals surface area contributed by atoms with Gasteiger partial charge in [0.2, 0.25) is 0 Å². The molecule has 0 spiro atoms. The molecule has 8 heteroatoms. The van der Waals surface area contributed by atoms with Gasteiger partial charge in [0.1, 0.15) is 0 Å². The first kappa shape index (κ1) is 24.1. The minimum atomic E-state index is -0.427. The second-order valence-electron chi connectivity index (χ2n) is 9.12. The molecule has 2 aromatic rings. The van der Waals surface area contributed by atoms with Gasteiger partial charge in [-0.05, 0) is 55.5 Å². The van der Waals surface area contributed by atoms with E-state index in [1.54, 1.807) is 36.4 Å². The Balaban J connectivity index is 1.42. The topological polar surface area (TPSA) is 93.7 Å². The maximum atomic E-state index is 13.0. The molecule has 7 nitrogen and oxygen atoms in total. The highest BCUT2D eigenvalue weighted by atomic mass is 35.5. The van der Waals surface area contributed by atoms with E-state index in [0.29, 0.717) is 46.2 Å². The van der Waals surface area contributed by atoms with Crippen LogP contribution >= 0.6 is 11.6 Å². The molecule has 2 N–H and O–H groups in total. The number of ether oxygens (including phenoxy) is 2. The normalized spacial score (nSPS) is 17.8. The molecule has 0 aromatic heterocycles. The lowest BCUT2D eigenvalue weighted by Gasteiger charge is -2.37. The fourth-order valence-corrected chi connectivity index (χ4v) is 5.37. The second kappa shape index (κ2) is 10.2. The third-order valence-corrected chi connectivity index (χ3v) is 7.15. The van der Waals surface area contributed by atoms with Crippen molar-refractivity contribution in [2.45, 2.75) is 44.4 Å². The molecule has 0 atom stereocenters. The van der Waals surface area contributed by atoms with Crippen molar-refractivity contribution in [3.63, 3.8) is 0 Å². The summed E-state index contributed by atoms with van der Waals surface area (Å²) < 4.78 is 11.3. The number of carbonyl (C=O) groups is 3. The molecule has 0 unspecified atom stereocenters. The summed E-state index contributed by atoms with van der Waals surface area (Å²) in [5, 5.41) is 6.58. The molecule has 36 heavy (non-hydrogen) atoms. The third-order valence-electron chi connectivity index (χ3n) is 6.82.